The highest BCUT2D eigenvalue weighted by molar-refractivity contribution is 6.10. The number of ether oxygens (including phenoxy) is 1. The number of carbonyl (C=O) groups is 1. The topological polar surface area (TPSA) is 71.1 Å². The van der Waals surface area contributed by atoms with Crippen molar-refractivity contribution in [2.75, 3.05) is 12.0 Å². The maximum absolute atomic E-state index is 13.3. The van der Waals surface area contributed by atoms with Crippen molar-refractivity contribution < 1.29 is 9.53 Å². The standard InChI is InChI=1S/C22H24N4O2/c1-13(2)11-17-19-20(25-24-17)22(27)26(18-10-9-15(28-4)12-23-18)21(19)16-8-6-5-7-14(16)3/h5-10,12-13,21H,11H2,1-4H3,(H,24,25). The predicted octanol–water partition coefficient (Wildman–Crippen LogP) is 4.07. The third-order valence-corrected chi connectivity index (χ3v) is 5.14. The first-order valence-electron chi connectivity index (χ1n) is 9.47. The fourth-order valence-corrected chi connectivity index (χ4v) is 3.82. The van der Waals surface area contributed by atoms with Crippen molar-refractivity contribution in [3.8, 4) is 5.75 Å². The van der Waals surface area contributed by atoms with Gasteiger partial charge in [0.2, 0.25) is 0 Å². The number of hydrogen-bond donors (Lipinski definition) is 1. The molecule has 3 heterocycles. The van der Waals surface area contributed by atoms with Crippen LogP contribution >= 0.6 is 0 Å². The van der Waals surface area contributed by atoms with Crippen LogP contribution in [0.15, 0.2) is 42.6 Å². The molecular weight excluding hydrogens is 352 g/mol. The molecule has 1 N–H and O–H groups in total. The summed E-state index contributed by atoms with van der Waals surface area (Å²) in [4.78, 5) is 19.6. The largest absolute Gasteiger partial charge is 0.495 e. The predicted molar refractivity (Wildman–Crippen MR) is 108 cm³/mol. The molecule has 2 aromatic heterocycles. The molecule has 1 aromatic carbocycles. The lowest BCUT2D eigenvalue weighted by atomic mass is 9.93. The average molecular weight is 376 g/mol. The van der Waals surface area contributed by atoms with Crippen molar-refractivity contribution in [2.45, 2.75) is 33.2 Å². The number of aryl methyl sites for hydroxylation is 1. The zero-order valence-electron chi connectivity index (χ0n) is 16.6. The number of anilines is 1. The molecule has 6 heteroatoms. The Hall–Kier alpha value is -3.15. The summed E-state index contributed by atoms with van der Waals surface area (Å²) in [5, 5.41) is 7.47. The summed E-state index contributed by atoms with van der Waals surface area (Å²) in [6.45, 7) is 6.38. The van der Waals surface area contributed by atoms with E-state index in [4.69, 9.17) is 4.74 Å². The second-order valence-electron chi connectivity index (χ2n) is 7.55. The van der Waals surface area contributed by atoms with E-state index >= 15 is 0 Å². The molecule has 0 spiro atoms. The molecule has 0 saturated heterocycles. The minimum absolute atomic E-state index is 0.108. The van der Waals surface area contributed by atoms with Crippen LogP contribution in [0.2, 0.25) is 0 Å². The van der Waals surface area contributed by atoms with E-state index in [0.717, 1.165) is 28.8 Å². The Kier molecular flexibility index (Phi) is 4.63. The quantitative estimate of drug-likeness (QED) is 0.729. The lowest BCUT2D eigenvalue weighted by Gasteiger charge is -2.27. The molecule has 1 aliphatic rings. The number of amides is 1. The molecule has 0 aliphatic carbocycles. The molecule has 6 nitrogen and oxygen atoms in total. The summed E-state index contributed by atoms with van der Waals surface area (Å²) in [6.07, 6.45) is 2.45. The van der Waals surface area contributed by atoms with Gasteiger partial charge in [0.1, 0.15) is 17.3 Å². The van der Waals surface area contributed by atoms with Crippen LogP contribution in [-0.4, -0.2) is 28.2 Å². The first kappa shape index (κ1) is 18.2. The Balaban J connectivity index is 1.88. The summed E-state index contributed by atoms with van der Waals surface area (Å²) in [5.41, 5.74) is 4.68. The highest BCUT2D eigenvalue weighted by Crippen LogP contribution is 2.43. The lowest BCUT2D eigenvalue weighted by molar-refractivity contribution is 0.0988. The highest BCUT2D eigenvalue weighted by Gasteiger charge is 2.43. The molecule has 1 atom stereocenters. The van der Waals surface area contributed by atoms with Crippen molar-refractivity contribution in [2.24, 2.45) is 5.92 Å². The second kappa shape index (κ2) is 7.11. The Labute approximate surface area is 164 Å². The first-order valence-corrected chi connectivity index (χ1v) is 9.47. The van der Waals surface area contributed by atoms with Crippen LogP contribution in [-0.2, 0) is 6.42 Å². The molecule has 144 valence electrons. The van der Waals surface area contributed by atoms with Gasteiger partial charge in [-0.2, -0.15) is 5.10 Å². The van der Waals surface area contributed by atoms with Crippen LogP contribution in [0.1, 0.15) is 52.8 Å². The highest BCUT2D eigenvalue weighted by atomic mass is 16.5. The van der Waals surface area contributed by atoms with E-state index in [2.05, 4.69) is 48.1 Å². The number of aromatic amines is 1. The second-order valence-corrected chi connectivity index (χ2v) is 7.55. The number of benzene rings is 1. The zero-order valence-corrected chi connectivity index (χ0v) is 16.6. The van der Waals surface area contributed by atoms with Crippen molar-refractivity contribution in [1.82, 2.24) is 15.2 Å². The number of methoxy groups -OCH3 is 1. The van der Waals surface area contributed by atoms with Gasteiger partial charge in [0, 0.05) is 5.56 Å². The SMILES string of the molecule is COc1ccc(N2C(=O)c3[nH]nc(CC(C)C)c3C2c2ccccc2C)nc1. The minimum Gasteiger partial charge on any atom is -0.495 e. The molecule has 0 saturated carbocycles. The molecule has 3 aromatic rings. The van der Waals surface area contributed by atoms with Gasteiger partial charge in [-0.15, -0.1) is 0 Å². The minimum atomic E-state index is -0.253. The maximum Gasteiger partial charge on any atom is 0.278 e. The van der Waals surface area contributed by atoms with Gasteiger partial charge in [0.25, 0.3) is 5.91 Å². The fraction of sp³-hybridized carbons (Fsp3) is 0.318. The molecule has 1 unspecified atom stereocenters. The van der Waals surface area contributed by atoms with Crippen LogP contribution in [0.4, 0.5) is 5.82 Å². The Morgan fingerprint density at radius 3 is 2.64 bits per heavy atom. The van der Waals surface area contributed by atoms with Crippen LogP contribution < -0.4 is 9.64 Å². The van der Waals surface area contributed by atoms with Crippen molar-refractivity contribution in [1.29, 1.82) is 0 Å². The normalized spacial score (nSPS) is 16.0. The van der Waals surface area contributed by atoms with Gasteiger partial charge in [-0.25, -0.2) is 4.98 Å². The number of aromatic nitrogens is 3. The van der Waals surface area contributed by atoms with Crippen molar-refractivity contribution in [3.05, 3.63) is 70.7 Å². The molecule has 1 amide bonds. The number of nitrogens with zero attached hydrogens (tertiary/aromatic N) is 3. The van der Waals surface area contributed by atoms with Gasteiger partial charge in [-0.3, -0.25) is 14.8 Å². The molecule has 0 radical (unpaired) electrons. The maximum atomic E-state index is 13.3. The molecule has 0 bridgehead atoms. The van der Waals surface area contributed by atoms with E-state index in [0.29, 0.717) is 23.2 Å². The van der Waals surface area contributed by atoms with E-state index < -0.39 is 0 Å². The van der Waals surface area contributed by atoms with Gasteiger partial charge >= 0.3 is 0 Å². The van der Waals surface area contributed by atoms with Gasteiger partial charge in [0.15, 0.2) is 0 Å². The van der Waals surface area contributed by atoms with Crippen LogP contribution in [0.5, 0.6) is 5.75 Å². The van der Waals surface area contributed by atoms with Crippen molar-refractivity contribution in [3.63, 3.8) is 0 Å². The molecule has 0 fully saturated rings. The number of nitrogens with one attached hydrogen (secondary N) is 1. The molecule has 28 heavy (non-hydrogen) atoms. The summed E-state index contributed by atoms with van der Waals surface area (Å²) in [7, 11) is 1.60. The Bertz CT molecular complexity index is 1010. The van der Waals surface area contributed by atoms with E-state index in [1.807, 2.05) is 24.3 Å². The summed E-state index contributed by atoms with van der Waals surface area (Å²) < 4.78 is 5.22. The third kappa shape index (κ3) is 2.95. The van der Waals surface area contributed by atoms with Crippen LogP contribution in [0.25, 0.3) is 0 Å². The van der Waals surface area contributed by atoms with Crippen LogP contribution in [0, 0.1) is 12.8 Å². The number of pyridine rings is 1. The smallest absolute Gasteiger partial charge is 0.278 e. The Morgan fingerprint density at radius 2 is 2.00 bits per heavy atom. The third-order valence-electron chi connectivity index (χ3n) is 5.14. The van der Waals surface area contributed by atoms with Gasteiger partial charge < -0.3 is 4.74 Å². The molecular formula is C22H24N4O2. The fourth-order valence-electron chi connectivity index (χ4n) is 3.82. The van der Waals surface area contributed by atoms with Gasteiger partial charge in [-0.05, 0) is 42.5 Å². The summed E-state index contributed by atoms with van der Waals surface area (Å²) in [6, 6.07) is 11.6. The number of carbonyl (C=O) groups excluding carboxylic acids is 1. The average Bonchev–Trinajstić information content (AvgIpc) is 3.21. The number of rotatable bonds is 5. The van der Waals surface area contributed by atoms with E-state index in [1.54, 1.807) is 18.2 Å². The van der Waals surface area contributed by atoms with E-state index in [-0.39, 0.29) is 11.9 Å². The zero-order chi connectivity index (χ0) is 19.8. The molecule has 4 rings (SSSR count). The van der Waals surface area contributed by atoms with Crippen LogP contribution in [0.3, 0.4) is 0 Å². The van der Waals surface area contributed by atoms with E-state index in [1.165, 1.54) is 0 Å². The molecule has 1 aliphatic heterocycles. The van der Waals surface area contributed by atoms with Crippen molar-refractivity contribution >= 4 is 11.7 Å². The number of hydrogen-bond acceptors (Lipinski definition) is 4. The van der Waals surface area contributed by atoms with Gasteiger partial charge in [-0.1, -0.05) is 38.1 Å². The lowest BCUT2D eigenvalue weighted by Crippen LogP contribution is -2.30. The number of fused-ring (bicyclic) bond motifs is 1. The Morgan fingerprint density at radius 1 is 1.21 bits per heavy atom. The monoisotopic (exact) mass is 376 g/mol. The first-order chi connectivity index (χ1) is 13.5. The van der Waals surface area contributed by atoms with E-state index in [9.17, 15) is 4.79 Å². The summed E-state index contributed by atoms with van der Waals surface area (Å²) in [5.74, 6) is 1.58. The summed E-state index contributed by atoms with van der Waals surface area (Å²) >= 11 is 0. The number of H-pyrrole nitrogens is 1. The van der Waals surface area contributed by atoms with Gasteiger partial charge in [0.05, 0.1) is 25.0 Å².